The zero-order valence-corrected chi connectivity index (χ0v) is 14.4. The highest BCUT2D eigenvalue weighted by Gasteiger charge is 2.38. The molecule has 1 saturated carbocycles. The van der Waals surface area contributed by atoms with Crippen molar-refractivity contribution in [3.8, 4) is 5.75 Å². The van der Waals surface area contributed by atoms with E-state index in [1.165, 1.54) is 0 Å². The van der Waals surface area contributed by atoms with E-state index in [9.17, 15) is 9.59 Å². The van der Waals surface area contributed by atoms with Crippen molar-refractivity contribution in [2.45, 2.75) is 39.7 Å². The van der Waals surface area contributed by atoms with Crippen molar-refractivity contribution in [1.82, 2.24) is 5.32 Å². The monoisotopic (exact) mass is 338 g/mol. The standard InChI is InChI=1S/C17H23ClN2O3/c1-10(2)23-15-5-4-12(9-14(15)18)20-16(21)6-7-19-17(22)13-8-11(13)3/h4-5,9-11,13H,6-8H2,1-3H3,(H,19,22)(H,20,21). The third-order valence-electron chi connectivity index (χ3n) is 3.68. The largest absolute Gasteiger partial charge is 0.489 e. The van der Waals surface area contributed by atoms with Crippen LogP contribution in [-0.2, 0) is 9.59 Å². The number of ether oxygens (including phenoxy) is 1. The molecule has 2 unspecified atom stereocenters. The fourth-order valence-corrected chi connectivity index (χ4v) is 2.49. The van der Waals surface area contributed by atoms with Gasteiger partial charge in [0.25, 0.3) is 0 Å². The lowest BCUT2D eigenvalue weighted by atomic mass is 10.2. The topological polar surface area (TPSA) is 67.4 Å². The van der Waals surface area contributed by atoms with Crippen molar-refractivity contribution in [2.24, 2.45) is 11.8 Å². The van der Waals surface area contributed by atoms with Gasteiger partial charge in [-0.25, -0.2) is 0 Å². The Balaban J connectivity index is 1.76. The summed E-state index contributed by atoms with van der Waals surface area (Å²) < 4.78 is 5.54. The first-order valence-electron chi connectivity index (χ1n) is 7.90. The van der Waals surface area contributed by atoms with Gasteiger partial charge in [0.15, 0.2) is 0 Å². The number of rotatable bonds is 7. The number of carbonyl (C=O) groups excluding carboxylic acids is 2. The third kappa shape index (κ3) is 5.43. The van der Waals surface area contributed by atoms with E-state index in [4.69, 9.17) is 16.3 Å². The molecule has 0 bridgehead atoms. The number of halogens is 1. The Kier molecular flexibility index (Phi) is 5.88. The van der Waals surface area contributed by atoms with Crippen LogP contribution in [0, 0.1) is 11.8 Å². The van der Waals surface area contributed by atoms with Gasteiger partial charge in [-0.05, 0) is 44.4 Å². The zero-order valence-electron chi connectivity index (χ0n) is 13.7. The molecule has 0 saturated heterocycles. The second-order valence-corrected chi connectivity index (χ2v) is 6.63. The first-order valence-corrected chi connectivity index (χ1v) is 8.28. The smallest absolute Gasteiger partial charge is 0.226 e. The third-order valence-corrected chi connectivity index (χ3v) is 3.97. The van der Waals surface area contributed by atoms with Gasteiger partial charge in [0, 0.05) is 24.6 Å². The average Bonchev–Trinajstić information content (AvgIpc) is 3.18. The minimum atomic E-state index is -0.164. The molecule has 1 aliphatic carbocycles. The Hall–Kier alpha value is -1.75. The number of anilines is 1. The molecule has 1 fully saturated rings. The molecule has 2 rings (SSSR count). The Bertz CT molecular complexity index is 589. The van der Waals surface area contributed by atoms with Crippen LogP contribution in [0.5, 0.6) is 5.75 Å². The molecule has 1 aromatic rings. The molecule has 6 heteroatoms. The molecule has 2 amide bonds. The fourth-order valence-electron chi connectivity index (χ4n) is 2.27. The van der Waals surface area contributed by atoms with E-state index in [-0.39, 0.29) is 30.3 Å². The van der Waals surface area contributed by atoms with Crippen LogP contribution in [0.25, 0.3) is 0 Å². The van der Waals surface area contributed by atoms with Gasteiger partial charge in [0.1, 0.15) is 5.75 Å². The summed E-state index contributed by atoms with van der Waals surface area (Å²) in [5.74, 6) is 1.07. The fraction of sp³-hybridized carbons (Fsp3) is 0.529. The van der Waals surface area contributed by atoms with E-state index in [1.54, 1.807) is 18.2 Å². The van der Waals surface area contributed by atoms with Crippen LogP contribution in [0.1, 0.15) is 33.6 Å². The Morgan fingerprint density at radius 3 is 2.65 bits per heavy atom. The molecule has 5 nitrogen and oxygen atoms in total. The molecule has 0 radical (unpaired) electrons. The van der Waals surface area contributed by atoms with Gasteiger partial charge in [-0.1, -0.05) is 18.5 Å². The van der Waals surface area contributed by atoms with Crippen molar-refractivity contribution in [1.29, 1.82) is 0 Å². The highest BCUT2D eigenvalue weighted by Crippen LogP contribution is 2.37. The summed E-state index contributed by atoms with van der Waals surface area (Å²) in [6.45, 7) is 6.23. The van der Waals surface area contributed by atoms with E-state index >= 15 is 0 Å². The summed E-state index contributed by atoms with van der Waals surface area (Å²) >= 11 is 6.12. The molecular weight excluding hydrogens is 316 g/mol. The molecule has 23 heavy (non-hydrogen) atoms. The minimum absolute atomic E-state index is 0.0331. The van der Waals surface area contributed by atoms with Crippen LogP contribution < -0.4 is 15.4 Å². The van der Waals surface area contributed by atoms with Crippen molar-refractivity contribution in [3.05, 3.63) is 23.2 Å². The number of nitrogens with one attached hydrogen (secondary N) is 2. The number of hydrogen-bond acceptors (Lipinski definition) is 3. The lowest BCUT2D eigenvalue weighted by molar-refractivity contribution is -0.122. The van der Waals surface area contributed by atoms with E-state index < -0.39 is 0 Å². The zero-order chi connectivity index (χ0) is 17.0. The maximum absolute atomic E-state index is 11.9. The second-order valence-electron chi connectivity index (χ2n) is 6.22. The van der Waals surface area contributed by atoms with Gasteiger partial charge in [0.2, 0.25) is 11.8 Å². The maximum atomic E-state index is 11.9. The van der Waals surface area contributed by atoms with Gasteiger partial charge in [0.05, 0.1) is 11.1 Å². The van der Waals surface area contributed by atoms with Crippen LogP contribution >= 0.6 is 11.6 Å². The quantitative estimate of drug-likeness (QED) is 0.802. The van der Waals surface area contributed by atoms with E-state index in [2.05, 4.69) is 10.6 Å². The van der Waals surface area contributed by atoms with Crippen molar-refractivity contribution >= 4 is 29.1 Å². The van der Waals surface area contributed by atoms with Crippen LogP contribution in [0.15, 0.2) is 18.2 Å². The predicted molar refractivity (Wildman–Crippen MR) is 90.7 cm³/mol. The van der Waals surface area contributed by atoms with Gasteiger partial charge in [-0.15, -0.1) is 0 Å². The first kappa shape index (κ1) is 17.6. The number of carbonyl (C=O) groups is 2. The van der Waals surface area contributed by atoms with Crippen molar-refractivity contribution in [2.75, 3.05) is 11.9 Å². The molecule has 0 aromatic heterocycles. The van der Waals surface area contributed by atoms with E-state index in [0.717, 1.165) is 6.42 Å². The molecule has 1 aromatic carbocycles. The summed E-state index contributed by atoms with van der Waals surface area (Å²) in [7, 11) is 0. The Morgan fingerprint density at radius 1 is 1.39 bits per heavy atom. The maximum Gasteiger partial charge on any atom is 0.226 e. The van der Waals surface area contributed by atoms with Crippen LogP contribution in [0.2, 0.25) is 5.02 Å². The number of hydrogen-bond donors (Lipinski definition) is 2. The molecule has 0 heterocycles. The molecule has 0 spiro atoms. The van der Waals surface area contributed by atoms with Gasteiger partial charge >= 0.3 is 0 Å². The summed E-state index contributed by atoms with van der Waals surface area (Å²) in [5.41, 5.74) is 0.609. The van der Waals surface area contributed by atoms with Crippen LogP contribution in [0.4, 0.5) is 5.69 Å². The highest BCUT2D eigenvalue weighted by atomic mass is 35.5. The highest BCUT2D eigenvalue weighted by molar-refractivity contribution is 6.32. The molecule has 2 atom stereocenters. The molecule has 0 aliphatic heterocycles. The van der Waals surface area contributed by atoms with E-state index in [0.29, 0.717) is 28.9 Å². The first-order chi connectivity index (χ1) is 10.9. The summed E-state index contributed by atoms with van der Waals surface area (Å²) in [5, 5.41) is 6.00. The Morgan fingerprint density at radius 2 is 2.09 bits per heavy atom. The molecule has 126 valence electrons. The predicted octanol–water partition coefficient (Wildman–Crippen LogP) is 3.23. The van der Waals surface area contributed by atoms with Crippen molar-refractivity contribution < 1.29 is 14.3 Å². The van der Waals surface area contributed by atoms with E-state index in [1.807, 2.05) is 20.8 Å². The van der Waals surface area contributed by atoms with Gasteiger partial charge < -0.3 is 15.4 Å². The van der Waals surface area contributed by atoms with Crippen LogP contribution in [-0.4, -0.2) is 24.5 Å². The lowest BCUT2D eigenvalue weighted by Crippen LogP contribution is -2.29. The van der Waals surface area contributed by atoms with Crippen molar-refractivity contribution in [3.63, 3.8) is 0 Å². The summed E-state index contributed by atoms with van der Waals surface area (Å²) in [4.78, 5) is 23.5. The second kappa shape index (κ2) is 7.68. The Labute approximate surface area is 141 Å². The van der Waals surface area contributed by atoms with Gasteiger partial charge in [-0.3, -0.25) is 9.59 Å². The summed E-state index contributed by atoms with van der Waals surface area (Å²) in [6, 6.07) is 5.13. The SMILES string of the molecule is CC(C)Oc1ccc(NC(=O)CCNC(=O)C2CC2C)cc1Cl. The molecule has 2 N–H and O–H groups in total. The molecule has 1 aliphatic rings. The average molecular weight is 339 g/mol. The normalized spacial score (nSPS) is 19.3. The summed E-state index contributed by atoms with van der Waals surface area (Å²) in [6.07, 6.45) is 1.21. The minimum Gasteiger partial charge on any atom is -0.489 e. The van der Waals surface area contributed by atoms with Gasteiger partial charge in [-0.2, -0.15) is 0 Å². The molecular formula is C17H23ClN2O3. The number of benzene rings is 1. The lowest BCUT2D eigenvalue weighted by Gasteiger charge is -2.13. The van der Waals surface area contributed by atoms with Crippen LogP contribution in [0.3, 0.4) is 0 Å². The number of amides is 2.